The van der Waals surface area contributed by atoms with Crippen molar-refractivity contribution in [1.82, 2.24) is 29.8 Å². The Morgan fingerprint density at radius 3 is 2.80 bits per heavy atom. The predicted octanol–water partition coefficient (Wildman–Crippen LogP) is 2.69. The van der Waals surface area contributed by atoms with Gasteiger partial charge in [-0.25, -0.2) is 0 Å². The zero-order valence-corrected chi connectivity index (χ0v) is 11.8. The summed E-state index contributed by atoms with van der Waals surface area (Å²) in [6.45, 7) is 0. The normalized spacial score (nSPS) is 16.8. The van der Waals surface area contributed by atoms with Gasteiger partial charge >= 0.3 is 0 Å². The maximum atomic E-state index is 4.63. The summed E-state index contributed by atoms with van der Waals surface area (Å²) in [6.07, 6.45) is 11.3. The van der Waals surface area contributed by atoms with E-state index in [4.69, 9.17) is 0 Å². The largest absolute Gasteiger partial charge is 0.261 e. The van der Waals surface area contributed by atoms with Gasteiger partial charge in [-0.2, -0.15) is 9.61 Å². The minimum Gasteiger partial charge on any atom is -0.261 e. The molecule has 0 aromatic carbocycles. The first-order valence-electron chi connectivity index (χ1n) is 6.90. The molecule has 1 fully saturated rings. The monoisotopic (exact) mass is 286 g/mol. The van der Waals surface area contributed by atoms with Crippen LogP contribution in [0.25, 0.3) is 15.7 Å². The van der Waals surface area contributed by atoms with Crippen molar-refractivity contribution >= 4 is 16.3 Å². The van der Waals surface area contributed by atoms with Crippen LogP contribution in [0.1, 0.15) is 43.8 Å². The van der Waals surface area contributed by atoms with Gasteiger partial charge in [0.05, 0.1) is 6.20 Å². The molecule has 0 atom stereocenters. The van der Waals surface area contributed by atoms with Gasteiger partial charge in [-0.15, -0.1) is 10.2 Å². The summed E-state index contributed by atoms with van der Waals surface area (Å²) in [7, 11) is 0. The van der Waals surface area contributed by atoms with E-state index in [-0.39, 0.29) is 0 Å². The molecule has 0 aliphatic heterocycles. The van der Waals surface area contributed by atoms with Crippen LogP contribution in [0.4, 0.5) is 0 Å². The van der Waals surface area contributed by atoms with Crippen LogP contribution in [0.2, 0.25) is 0 Å². The zero-order valence-electron chi connectivity index (χ0n) is 10.9. The van der Waals surface area contributed by atoms with Crippen LogP contribution in [0.15, 0.2) is 18.6 Å². The van der Waals surface area contributed by atoms with Gasteiger partial charge in [0.25, 0.3) is 0 Å². The Morgan fingerprint density at radius 2 is 2.00 bits per heavy atom. The van der Waals surface area contributed by atoms with Gasteiger partial charge < -0.3 is 0 Å². The summed E-state index contributed by atoms with van der Waals surface area (Å²) in [6, 6.07) is 0. The zero-order chi connectivity index (χ0) is 13.4. The van der Waals surface area contributed by atoms with Crippen molar-refractivity contribution in [3.63, 3.8) is 0 Å². The SMILES string of the molecule is c1cnc(-c2nn3c(C4CCCCC4)nnc3s2)cn1. The second kappa shape index (κ2) is 4.90. The number of hydrogen-bond donors (Lipinski definition) is 0. The van der Waals surface area contributed by atoms with E-state index < -0.39 is 0 Å². The van der Waals surface area contributed by atoms with Gasteiger partial charge in [0.2, 0.25) is 4.96 Å². The first-order valence-corrected chi connectivity index (χ1v) is 7.72. The van der Waals surface area contributed by atoms with E-state index in [1.54, 1.807) is 18.6 Å². The van der Waals surface area contributed by atoms with E-state index in [1.807, 2.05) is 4.52 Å². The Bertz CT molecular complexity index is 713. The molecule has 1 saturated carbocycles. The molecule has 3 aromatic rings. The predicted molar refractivity (Wildman–Crippen MR) is 75.5 cm³/mol. The van der Waals surface area contributed by atoms with Crippen LogP contribution in [0, 0.1) is 0 Å². The van der Waals surface area contributed by atoms with Crippen molar-refractivity contribution in [3.05, 3.63) is 24.4 Å². The van der Waals surface area contributed by atoms with E-state index in [9.17, 15) is 0 Å². The van der Waals surface area contributed by atoms with Gasteiger partial charge in [-0.1, -0.05) is 30.6 Å². The average molecular weight is 286 g/mol. The number of rotatable bonds is 2. The molecule has 7 heteroatoms. The van der Waals surface area contributed by atoms with Gasteiger partial charge in [0, 0.05) is 18.3 Å². The molecule has 102 valence electrons. The van der Waals surface area contributed by atoms with Crippen LogP contribution in [-0.4, -0.2) is 29.8 Å². The third kappa shape index (κ3) is 1.98. The molecule has 1 aliphatic carbocycles. The van der Waals surface area contributed by atoms with Gasteiger partial charge in [-0.05, 0) is 12.8 Å². The van der Waals surface area contributed by atoms with E-state index in [2.05, 4.69) is 25.3 Å². The third-order valence-electron chi connectivity index (χ3n) is 3.77. The Kier molecular flexibility index (Phi) is 2.91. The first kappa shape index (κ1) is 11.9. The Hall–Kier alpha value is -1.89. The molecule has 0 bridgehead atoms. The molecule has 0 amide bonds. The lowest BCUT2D eigenvalue weighted by molar-refractivity contribution is 0.423. The minimum absolute atomic E-state index is 0.496. The lowest BCUT2D eigenvalue weighted by atomic mass is 9.89. The summed E-state index contributed by atoms with van der Waals surface area (Å²) in [5.74, 6) is 1.50. The number of hydrogen-bond acceptors (Lipinski definition) is 6. The van der Waals surface area contributed by atoms with Crippen LogP contribution in [0.5, 0.6) is 0 Å². The van der Waals surface area contributed by atoms with Crippen molar-refractivity contribution in [2.24, 2.45) is 0 Å². The number of aromatic nitrogens is 6. The van der Waals surface area contributed by atoms with Crippen LogP contribution in [-0.2, 0) is 0 Å². The molecule has 20 heavy (non-hydrogen) atoms. The average Bonchev–Trinajstić information content (AvgIpc) is 3.09. The van der Waals surface area contributed by atoms with Crippen molar-refractivity contribution < 1.29 is 0 Å². The molecule has 3 aromatic heterocycles. The first-order chi connectivity index (χ1) is 9.92. The molecule has 0 spiro atoms. The molecule has 0 saturated heterocycles. The summed E-state index contributed by atoms with van der Waals surface area (Å²) >= 11 is 1.51. The van der Waals surface area contributed by atoms with Crippen molar-refractivity contribution in [2.45, 2.75) is 38.0 Å². The van der Waals surface area contributed by atoms with Crippen molar-refractivity contribution in [3.8, 4) is 10.7 Å². The topological polar surface area (TPSA) is 68.9 Å². The highest BCUT2D eigenvalue weighted by molar-refractivity contribution is 7.19. The third-order valence-corrected chi connectivity index (χ3v) is 4.69. The maximum absolute atomic E-state index is 4.63. The minimum atomic E-state index is 0.496. The highest BCUT2D eigenvalue weighted by Gasteiger charge is 2.23. The summed E-state index contributed by atoms with van der Waals surface area (Å²) in [4.78, 5) is 9.22. The van der Waals surface area contributed by atoms with E-state index in [0.717, 1.165) is 21.5 Å². The fourth-order valence-corrected chi connectivity index (χ4v) is 3.57. The van der Waals surface area contributed by atoms with Gasteiger partial charge in [0.15, 0.2) is 10.8 Å². The molecule has 0 unspecified atom stereocenters. The van der Waals surface area contributed by atoms with E-state index >= 15 is 0 Å². The Morgan fingerprint density at radius 1 is 1.10 bits per heavy atom. The van der Waals surface area contributed by atoms with Crippen LogP contribution < -0.4 is 0 Å². The molecule has 0 radical (unpaired) electrons. The smallest absolute Gasteiger partial charge is 0.235 e. The molecular weight excluding hydrogens is 272 g/mol. The van der Waals surface area contributed by atoms with Crippen molar-refractivity contribution in [1.29, 1.82) is 0 Å². The fourth-order valence-electron chi connectivity index (χ4n) is 2.76. The Labute approximate surface area is 119 Å². The van der Waals surface area contributed by atoms with Crippen LogP contribution in [0.3, 0.4) is 0 Å². The van der Waals surface area contributed by atoms with E-state index in [1.165, 1.54) is 43.4 Å². The summed E-state index contributed by atoms with van der Waals surface area (Å²) < 4.78 is 1.89. The number of nitrogens with zero attached hydrogens (tertiary/aromatic N) is 6. The van der Waals surface area contributed by atoms with Gasteiger partial charge in [0.1, 0.15) is 5.69 Å². The highest BCUT2D eigenvalue weighted by Crippen LogP contribution is 2.33. The summed E-state index contributed by atoms with van der Waals surface area (Å²) in [5, 5.41) is 14.1. The fraction of sp³-hybridized carbons (Fsp3) is 0.462. The second-order valence-corrected chi connectivity index (χ2v) is 6.04. The van der Waals surface area contributed by atoms with Crippen molar-refractivity contribution in [2.75, 3.05) is 0 Å². The number of fused-ring (bicyclic) bond motifs is 1. The molecule has 6 nitrogen and oxygen atoms in total. The van der Waals surface area contributed by atoms with E-state index in [0.29, 0.717) is 5.92 Å². The molecule has 1 aliphatic rings. The second-order valence-electron chi connectivity index (χ2n) is 5.09. The summed E-state index contributed by atoms with van der Waals surface area (Å²) in [5.41, 5.74) is 0.789. The molecule has 0 N–H and O–H groups in total. The lowest BCUT2D eigenvalue weighted by Gasteiger charge is -2.18. The molecule has 3 heterocycles. The Balaban J connectivity index is 1.75. The van der Waals surface area contributed by atoms with Crippen LogP contribution >= 0.6 is 11.3 Å². The maximum Gasteiger partial charge on any atom is 0.235 e. The molecular formula is C13H14N6S. The molecule has 4 rings (SSSR count). The quantitative estimate of drug-likeness (QED) is 0.724. The highest BCUT2D eigenvalue weighted by atomic mass is 32.1. The lowest BCUT2D eigenvalue weighted by Crippen LogP contribution is -2.09. The van der Waals surface area contributed by atoms with Gasteiger partial charge in [-0.3, -0.25) is 9.97 Å². The standard InChI is InChI=1S/C13H14N6S/c1-2-4-9(5-3-1)11-16-17-13-19(11)18-12(20-13)10-8-14-6-7-15-10/h6-9H,1-5H2.